The predicted molar refractivity (Wildman–Crippen MR) is 136 cm³/mol. The lowest BCUT2D eigenvalue weighted by Gasteiger charge is -2.29. The summed E-state index contributed by atoms with van der Waals surface area (Å²) in [5.41, 5.74) is 13.9. The molecule has 2 aromatic rings. The van der Waals surface area contributed by atoms with E-state index in [0.717, 1.165) is 6.42 Å². The van der Waals surface area contributed by atoms with Gasteiger partial charge in [0.05, 0.1) is 0 Å². The molecule has 2 aliphatic carbocycles. The highest BCUT2D eigenvalue weighted by Crippen LogP contribution is 2.49. The Bertz CT molecular complexity index is 1100. The van der Waals surface area contributed by atoms with Gasteiger partial charge < -0.3 is 0 Å². The van der Waals surface area contributed by atoms with Gasteiger partial charge in [-0.25, -0.2) is 0 Å². The fourth-order valence-corrected chi connectivity index (χ4v) is 5.25. The van der Waals surface area contributed by atoms with E-state index in [-0.39, 0.29) is 16.2 Å². The Hall–Kier alpha value is -2.08. The second-order valence-corrected chi connectivity index (χ2v) is 12.8. The molecular weight excluding hydrogens is 372 g/mol. The van der Waals surface area contributed by atoms with Gasteiger partial charge in [-0.2, -0.15) is 0 Å². The summed E-state index contributed by atoms with van der Waals surface area (Å²) in [6.07, 6.45) is 6.04. The van der Waals surface area contributed by atoms with E-state index in [4.69, 9.17) is 0 Å². The maximum atomic E-state index is 2.55. The minimum atomic E-state index is 0.119. The summed E-state index contributed by atoms with van der Waals surface area (Å²) in [5.74, 6) is 0.384. The highest BCUT2D eigenvalue weighted by molar-refractivity contribution is 5.80. The monoisotopic (exact) mass is 412 g/mol. The van der Waals surface area contributed by atoms with Crippen LogP contribution in [0.5, 0.6) is 0 Å². The Morgan fingerprint density at radius 1 is 0.742 bits per heavy atom. The van der Waals surface area contributed by atoms with Gasteiger partial charge in [-0.15, -0.1) is 0 Å². The molecule has 0 amide bonds. The van der Waals surface area contributed by atoms with Crippen LogP contribution in [0.1, 0.15) is 103 Å². The van der Waals surface area contributed by atoms with Crippen molar-refractivity contribution in [1.29, 1.82) is 0 Å². The molecule has 2 aromatic carbocycles. The molecule has 2 aliphatic rings. The molecule has 0 heterocycles. The van der Waals surface area contributed by atoms with Gasteiger partial charge in [0, 0.05) is 5.92 Å². The van der Waals surface area contributed by atoms with E-state index in [0.29, 0.717) is 5.92 Å². The third kappa shape index (κ3) is 3.84. The van der Waals surface area contributed by atoms with Gasteiger partial charge in [-0.3, -0.25) is 0 Å². The molecule has 0 aromatic heterocycles. The van der Waals surface area contributed by atoms with Crippen LogP contribution in [0.4, 0.5) is 0 Å². The molecule has 164 valence electrons. The third-order valence-corrected chi connectivity index (χ3v) is 7.19. The minimum Gasteiger partial charge on any atom is -0.0692 e. The van der Waals surface area contributed by atoms with E-state index >= 15 is 0 Å². The Labute approximate surface area is 190 Å². The number of benzene rings is 2. The maximum Gasteiger partial charge on any atom is 0.0240 e. The molecule has 4 rings (SSSR count). The van der Waals surface area contributed by atoms with Crippen LogP contribution >= 0.6 is 0 Å². The number of hydrogen-bond donors (Lipinski definition) is 0. The van der Waals surface area contributed by atoms with E-state index in [1.165, 1.54) is 39.0 Å². The number of allylic oxidation sites excluding steroid dienone is 4. The summed E-state index contributed by atoms with van der Waals surface area (Å²) >= 11 is 0. The average Bonchev–Trinajstić information content (AvgIpc) is 3.19. The number of fused-ring (bicyclic) bond motifs is 3. The average molecular weight is 413 g/mol. The van der Waals surface area contributed by atoms with Crippen molar-refractivity contribution < 1.29 is 0 Å². The van der Waals surface area contributed by atoms with E-state index in [1.54, 1.807) is 11.1 Å². The molecule has 0 bridgehead atoms. The van der Waals surface area contributed by atoms with E-state index < -0.39 is 0 Å². The van der Waals surface area contributed by atoms with Crippen LogP contribution in [-0.4, -0.2) is 0 Å². The molecule has 0 saturated carbocycles. The quantitative estimate of drug-likeness (QED) is 0.374. The smallest absolute Gasteiger partial charge is 0.0240 e. The first-order chi connectivity index (χ1) is 14.2. The van der Waals surface area contributed by atoms with Crippen molar-refractivity contribution in [2.24, 2.45) is 5.41 Å². The summed E-state index contributed by atoms with van der Waals surface area (Å²) in [5, 5.41) is 0. The zero-order valence-electron chi connectivity index (χ0n) is 21.3. The van der Waals surface area contributed by atoms with Crippen LogP contribution in [0.2, 0.25) is 0 Å². The lowest BCUT2D eigenvalue weighted by molar-refractivity contribution is 0.517. The summed E-state index contributed by atoms with van der Waals surface area (Å²) < 4.78 is 0. The minimum absolute atomic E-state index is 0.119. The van der Waals surface area contributed by atoms with Crippen LogP contribution in [0.15, 0.2) is 53.6 Å². The second kappa shape index (κ2) is 6.96. The van der Waals surface area contributed by atoms with Crippen molar-refractivity contribution in [1.82, 2.24) is 0 Å². The molecule has 0 aliphatic heterocycles. The Kier molecular flexibility index (Phi) is 4.97. The fraction of sp³-hybridized carbons (Fsp3) is 0.484. The van der Waals surface area contributed by atoms with Gasteiger partial charge in [-0.1, -0.05) is 110 Å². The molecule has 0 nitrogen and oxygen atoms in total. The van der Waals surface area contributed by atoms with Gasteiger partial charge in [0.15, 0.2) is 0 Å². The van der Waals surface area contributed by atoms with Crippen LogP contribution in [-0.2, 0) is 17.3 Å². The first kappa shape index (κ1) is 22.1. The molecule has 0 saturated heterocycles. The van der Waals surface area contributed by atoms with Crippen molar-refractivity contribution in [2.75, 3.05) is 0 Å². The summed E-state index contributed by atoms with van der Waals surface area (Å²) in [6.45, 7) is 23.3. The van der Waals surface area contributed by atoms with Gasteiger partial charge in [0.25, 0.3) is 0 Å². The Morgan fingerprint density at radius 3 is 1.94 bits per heavy atom. The third-order valence-electron chi connectivity index (χ3n) is 7.19. The molecule has 0 radical (unpaired) electrons. The standard InChI is InChI=1S/C31H40/c1-19-15-22(30(5,6)7)18-25(19)28-26-17-20-16-21(29(2,3)4)11-12-23(20)24(26)13-14-27(28)31(8,9)10/h11-16,18,25H,17H2,1-10H3. The predicted octanol–water partition coefficient (Wildman–Crippen LogP) is 8.87. The highest BCUT2D eigenvalue weighted by Gasteiger charge is 2.34. The number of rotatable bonds is 1. The highest BCUT2D eigenvalue weighted by atomic mass is 14.4. The maximum absolute atomic E-state index is 2.55. The summed E-state index contributed by atoms with van der Waals surface area (Å²) in [7, 11) is 0. The van der Waals surface area contributed by atoms with Gasteiger partial charge in [-0.05, 0) is 74.1 Å². The molecule has 1 atom stereocenters. The van der Waals surface area contributed by atoms with Crippen molar-refractivity contribution in [3.63, 3.8) is 0 Å². The van der Waals surface area contributed by atoms with E-state index in [1.807, 2.05) is 0 Å². The van der Waals surface area contributed by atoms with Crippen LogP contribution < -0.4 is 0 Å². The lowest BCUT2D eigenvalue weighted by atomic mass is 9.75. The topological polar surface area (TPSA) is 0 Å². The van der Waals surface area contributed by atoms with Crippen molar-refractivity contribution >= 4 is 0 Å². The first-order valence-corrected chi connectivity index (χ1v) is 11.9. The van der Waals surface area contributed by atoms with E-state index in [2.05, 4.69) is 112 Å². The normalized spacial score (nSPS) is 18.6. The molecule has 0 heteroatoms. The summed E-state index contributed by atoms with van der Waals surface area (Å²) in [4.78, 5) is 0. The molecule has 0 N–H and O–H groups in total. The molecule has 0 fully saturated rings. The first-order valence-electron chi connectivity index (χ1n) is 11.9. The number of hydrogen-bond acceptors (Lipinski definition) is 0. The second-order valence-electron chi connectivity index (χ2n) is 12.8. The molecule has 1 unspecified atom stereocenters. The van der Waals surface area contributed by atoms with Crippen LogP contribution in [0.25, 0.3) is 11.1 Å². The molecule has 0 spiro atoms. The lowest BCUT2D eigenvalue weighted by Crippen LogP contribution is -2.17. The molecular formula is C31H40. The van der Waals surface area contributed by atoms with Gasteiger partial charge in [0.2, 0.25) is 0 Å². The largest absolute Gasteiger partial charge is 0.0692 e. The van der Waals surface area contributed by atoms with Crippen molar-refractivity contribution in [2.45, 2.75) is 92.4 Å². The zero-order valence-corrected chi connectivity index (χ0v) is 21.3. The van der Waals surface area contributed by atoms with Gasteiger partial charge in [0.1, 0.15) is 0 Å². The zero-order chi connectivity index (χ0) is 22.9. The summed E-state index contributed by atoms with van der Waals surface area (Å²) in [6, 6.07) is 12.0. The van der Waals surface area contributed by atoms with E-state index in [9.17, 15) is 0 Å². The fourth-order valence-electron chi connectivity index (χ4n) is 5.25. The Morgan fingerprint density at radius 2 is 1.39 bits per heavy atom. The van der Waals surface area contributed by atoms with Gasteiger partial charge >= 0.3 is 0 Å². The molecule has 31 heavy (non-hydrogen) atoms. The SMILES string of the molecule is CC1=CC(C(C)(C)C)=CC1c1c(C(C)(C)C)ccc2c1Cc1cc(C(C)(C)C)ccc1-2. The van der Waals surface area contributed by atoms with Crippen LogP contribution in [0.3, 0.4) is 0 Å². The van der Waals surface area contributed by atoms with Crippen molar-refractivity contribution in [3.05, 3.63) is 81.4 Å². The van der Waals surface area contributed by atoms with Crippen molar-refractivity contribution in [3.8, 4) is 11.1 Å². The van der Waals surface area contributed by atoms with Crippen LogP contribution in [0, 0.1) is 5.41 Å². The Balaban J connectivity index is 1.92.